The summed E-state index contributed by atoms with van der Waals surface area (Å²) in [5.74, 6) is -0.254. The Morgan fingerprint density at radius 3 is 2.41 bits per heavy atom. The molecular formula is C17H26N2O3. The van der Waals surface area contributed by atoms with Crippen LogP contribution in [0.3, 0.4) is 0 Å². The third-order valence-electron chi connectivity index (χ3n) is 3.71. The van der Waals surface area contributed by atoms with Gasteiger partial charge in [0.15, 0.2) is 5.75 Å². The Hall–Kier alpha value is -1.85. The van der Waals surface area contributed by atoms with E-state index in [9.17, 15) is 15.0 Å². The lowest BCUT2D eigenvalue weighted by Crippen LogP contribution is -2.29. The molecule has 1 aromatic heterocycles. The van der Waals surface area contributed by atoms with Crippen LogP contribution in [0.1, 0.15) is 30.8 Å². The van der Waals surface area contributed by atoms with Gasteiger partial charge in [-0.2, -0.15) is 0 Å². The van der Waals surface area contributed by atoms with Gasteiger partial charge in [-0.25, -0.2) is 0 Å². The standard InChI is InChI=1S/C17H26N2O3/c1-5-8-18(9-6-2)11-15-17(22)16(21)10-13(4)19(15)14(7-3)12-20/h5-6,10,14,20,22H,1-2,7-9,11-12H2,3-4H3. The molecule has 22 heavy (non-hydrogen) atoms. The van der Waals surface area contributed by atoms with Crippen molar-refractivity contribution in [2.24, 2.45) is 0 Å². The highest BCUT2D eigenvalue weighted by molar-refractivity contribution is 5.30. The normalized spacial score (nSPS) is 12.4. The van der Waals surface area contributed by atoms with Gasteiger partial charge in [-0.15, -0.1) is 13.2 Å². The van der Waals surface area contributed by atoms with Crippen molar-refractivity contribution in [3.05, 3.63) is 53.0 Å². The van der Waals surface area contributed by atoms with Crippen molar-refractivity contribution >= 4 is 0 Å². The third kappa shape index (κ3) is 4.08. The average Bonchev–Trinajstić information content (AvgIpc) is 2.48. The van der Waals surface area contributed by atoms with Gasteiger partial charge >= 0.3 is 0 Å². The molecule has 5 heteroatoms. The predicted molar refractivity (Wildman–Crippen MR) is 89.2 cm³/mol. The summed E-state index contributed by atoms with van der Waals surface area (Å²) in [6, 6.07) is 1.23. The summed E-state index contributed by atoms with van der Waals surface area (Å²) in [6.45, 7) is 12.8. The summed E-state index contributed by atoms with van der Waals surface area (Å²) in [4.78, 5) is 13.9. The summed E-state index contributed by atoms with van der Waals surface area (Å²) in [5.41, 5.74) is 0.860. The van der Waals surface area contributed by atoms with Crippen LogP contribution in [0.15, 0.2) is 36.2 Å². The Labute approximate surface area is 131 Å². The fraction of sp³-hybridized carbons (Fsp3) is 0.471. The SMILES string of the molecule is C=CCN(CC=C)Cc1c(O)c(=O)cc(C)n1C(CC)CO. The molecule has 1 heterocycles. The van der Waals surface area contributed by atoms with Crippen LogP contribution in [-0.2, 0) is 6.54 Å². The van der Waals surface area contributed by atoms with E-state index in [-0.39, 0.29) is 18.4 Å². The largest absolute Gasteiger partial charge is 0.503 e. The maximum absolute atomic E-state index is 11.9. The van der Waals surface area contributed by atoms with E-state index in [4.69, 9.17) is 0 Å². The van der Waals surface area contributed by atoms with E-state index < -0.39 is 5.43 Å². The summed E-state index contributed by atoms with van der Waals surface area (Å²) < 4.78 is 1.86. The summed E-state index contributed by atoms with van der Waals surface area (Å²) in [7, 11) is 0. The lowest BCUT2D eigenvalue weighted by molar-refractivity contribution is 0.211. The first-order valence-corrected chi connectivity index (χ1v) is 7.49. The van der Waals surface area contributed by atoms with Gasteiger partial charge in [-0.3, -0.25) is 9.69 Å². The molecule has 0 fully saturated rings. The van der Waals surface area contributed by atoms with Gasteiger partial charge in [-0.1, -0.05) is 19.1 Å². The maximum atomic E-state index is 11.9. The van der Waals surface area contributed by atoms with Crippen LogP contribution in [0.2, 0.25) is 0 Å². The molecule has 1 rings (SSSR count). The molecule has 2 N–H and O–H groups in total. The molecule has 0 spiro atoms. The van der Waals surface area contributed by atoms with Crippen molar-refractivity contribution in [1.82, 2.24) is 9.47 Å². The van der Waals surface area contributed by atoms with E-state index in [0.29, 0.717) is 31.7 Å². The number of aryl methyl sites for hydroxylation is 1. The second-order valence-corrected chi connectivity index (χ2v) is 5.33. The Morgan fingerprint density at radius 1 is 1.36 bits per heavy atom. The van der Waals surface area contributed by atoms with Crippen LogP contribution in [0.5, 0.6) is 5.75 Å². The molecule has 0 amide bonds. The minimum Gasteiger partial charge on any atom is -0.503 e. The van der Waals surface area contributed by atoms with E-state index in [2.05, 4.69) is 13.2 Å². The summed E-state index contributed by atoms with van der Waals surface area (Å²) >= 11 is 0. The zero-order valence-corrected chi connectivity index (χ0v) is 13.5. The summed E-state index contributed by atoms with van der Waals surface area (Å²) in [6.07, 6.45) is 4.24. The quantitative estimate of drug-likeness (QED) is 0.685. The second-order valence-electron chi connectivity index (χ2n) is 5.33. The Kier molecular flexibility index (Phi) is 7.08. The number of aromatic hydroxyl groups is 1. The van der Waals surface area contributed by atoms with Crippen LogP contribution in [-0.4, -0.2) is 39.4 Å². The molecule has 5 nitrogen and oxygen atoms in total. The number of aliphatic hydroxyl groups is 1. The number of nitrogens with zero attached hydrogens (tertiary/aromatic N) is 2. The van der Waals surface area contributed by atoms with E-state index >= 15 is 0 Å². The smallest absolute Gasteiger partial charge is 0.223 e. The molecule has 0 saturated carbocycles. The Morgan fingerprint density at radius 2 is 1.95 bits per heavy atom. The van der Waals surface area contributed by atoms with Gasteiger partial charge < -0.3 is 14.8 Å². The van der Waals surface area contributed by atoms with Crippen LogP contribution in [0.25, 0.3) is 0 Å². The predicted octanol–water partition coefficient (Wildman–Crippen LogP) is 1.98. The molecule has 0 aliphatic carbocycles. The first-order valence-electron chi connectivity index (χ1n) is 7.49. The Balaban J connectivity index is 3.38. The average molecular weight is 306 g/mol. The highest BCUT2D eigenvalue weighted by Gasteiger charge is 2.20. The van der Waals surface area contributed by atoms with Gasteiger partial charge in [0.2, 0.25) is 5.43 Å². The minimum absolute atomic E-state index is 0.0461. The number of rotatable bonds is 9. The van der Waals surface area contributed by atoms with Crippen LogP contribution < -0.4 is 5.43 Å². The van der Waals surface area contributed by atoms with Crippen LogP contribution in [0, 0.1) is 6.92 Å². The number of hydrogen-bond acceptors (Lipinski definition) is 4. The van der Waals surface area contributed by atoms with Gasteiger partial charge in [0, 0.05) is 31.4 Å². The number of aliphatic hydroxyl groups excluding tert-OH is 1. The van der Waals surface area contributed by atoms with E-state index in [1.165, 1.54) is 6.07 Å². The Bertz CT molecular complexity index is 564. The molecule has 0 aliphatic rings. The van der Waals surface area contributed by atoms with E-state index in [1.54, 1.807) is 12.2 Å². The van der Waals surface area contributed by atoms with Gasteiger partial charge in [0.05, 0.1) is 18.3 Å². The highest BCUT2D eigenvalue weighted by atomic mass is 16.3. The van der Waals surface area contributed by atoms with Crippen molar-refractivity contribution in [1.29, 1.82) is 0 Å². The first kappa shape index (κ1) is 18.2. The minimum atomic E-state index is -0.395. The van der Waals surface area contributed by atoms with Gasteiger partial charge in [0.1, 0.15) is 0 Å². The third-order valence-corrected chi connectivity index (χ3v) is 3.71. The van der Waals surface area contributed by atoms with E-state index in [0.717, 1.165) is 5.69 Å². The monoisotopic (exact) mass is 306 g/mol. The molecule has 122 valence electrons. The molecular weight excluding hydrogens is 280 g/mol. The molecule has 1 atom stereocenters. The van der Waals surface area contributed by atoms with Crippen molar-refractivity contribution in [3.8, 4) is 5.75 Å². The zero-order valence-electron chi connectivity index (χ0n) is 13.5. The molecule has 0 saturated heterocycles. The van der Waals surface area contributed by atoms with Crippen molar-refractivity contribution in [2.45, 2.75) is 32.9 Å². The first-order chi connectivity index (χ1) is 10.5. The lowest BCUT2D eigenvalue weighted by atomic mass is 10.1. The van der Waals surface area contributed by atoms with Gasteiger partial charge in [0.25, 0.3) is 0 Å². The fourth-order valence-electron chi connectivity index (χ4n) is 2.63. The van der Waals surface area contributed by atoms with E-state index in [1.807, 2.05) is 23.3 Å². The highest BCUT2D eigenvalue weighted by Crippen LogP contribution is 2.23. The summed E-state index contributed by atoms with van der Waals surface area (Å²) in [5, 5.41) is 19.8. The number of aromatic nitrogens is 1. The van der Waals surface area contributed by atoms with Crippen molar-refractivity contribution < 1.29 is 10.2 Å². The molecule has 0 radical (unpaired) electrons. The number of pyridine rings is 1. The van der Waals surface area contributed by atoms with Crippen LogP contribution >= 0.6 is 0 Å². The molecule has 0 bridgehead atoms. The zero-order chi connectivity index (χ0) is 16.7. The second kappa shape index (κ2) is 8.56. The molecule has 0 aliphatic heterocycles. The number of hydrogen-bond donors (Lipinski definition) is 2. The van der Waals surface area contributed by atoms with Gasteiger partial charge in [-0.05, 0) is 13.3 Å². The van der Waals surface area contributed by atoms with Crippen molar-refractivity contribution in [2.75, 3.05) is 19.7 Å². The fourth-order valence-corrected chi connectivity index (χ4v) is 2.63. The topological polar surface area (TPSA) is 65.7 Å². The molecule has 0 aromatic carbocycles. The molecule has 1 aromatic rings. The lowest BCUT2D eigenvalue weighted by Gasteiger charge is -2.28. The van der Waals surface area contributed by atoms with Crippen molar-refractivity contribution in [3.63, 3.8) is 0 Å². The maximum Gasteiger partial charge on any atom is 0.223 e. The van der Waals surface area contributed by atoms with Crippen LogP contribution in [0.4, 0.5) is 0 Å². The molecule has 1 unspecified atom stereocenters.